The zero-order chi connectivity index (χ0) is 14.8. The molecule has 0 fully saturated rings. The van der Waals surface area contributed by atoms with E-state index in [4.69, 9.17) is 5.73 Å². The van der Waals surface area contributed by atoms with Crippen molar-refractivity contribution in [1.82, 2.24) is 4.98 Å². The van der Waals surface area contributed by atoms with Crippen molar-refractivity contribution in [3.05, 3.63) is 23.0 Å². The van der Waals surface area contributed by atoms with Gasteiger partial charge in [-0.1, -0.05) is 0 Å². The molecule has 0 unspecified atom stereocenters. The number of pyridine rings is 1. The molecule has 19 heavy (non-hydrogen) atoms. The van der Waals surface area contributed by atoms with Gasteiger partial charge in [0.2, 0.25) is 0 Å². The normalized spacial score (nSPS) is 11.7. The lowest BCUT2D eigenvalue weighted by atomic mass is 10.1. The fraction of sp³-hybridized carbons (Fsp3) is 0.400. The molecule has 0 amide bonds. The van der Waals surface area contributed by atoms with E-state index >= 15 is 0 Å². The van der Waals surface area contributed by atoms with Crippen LogP contribution in [-0.4, -0.2) is 17.6 Å². The molecule has 1 heterocycles. The summed E-state index contributed by atoms with van der Waals surface area (Å²) in [6.45, 7) is 1.28. The molecule has 0 aromatic carbocycles. The van der Waals surface area contributed by atoms with Gasteiger partial charge in [-0.05, 0) is 13.0 Å². The van der Waals surface area contributed by atoms with Gasteiger partial charge in [0.05, 0.1) is 12.3 Å². The van der Waals surface area contributed by atoms with E-state index in [9.17, 15) is 26.7 Å². The van der Waals surface area contributed by atoms with Crippen LogP contribution in [-0.2, 0) is 10.9 Å². The molecular formula is C10H9F5N2O2. The molecule has 4 nitrogen and oxygen atoms in total. The Labute approximate surface area is 104 Å². The zero-order valence-electron chi connectivity index (χ0n) is 9.59. The molecular weight excluding hydrogens is 275 g/mol. The molecule has 106 valence electrons. The average Bonchev–Trinajstić information content (AvgIpc) is 2.27. The molecule has 1 rings (SSSR count). The van der Waals surface area contributed by atoms with Gasteiger partial charge < -0.3 is 10.5 Å². The van der Waals surface area contributed by atoms with E-state index in [2.05, 4.69) is 9.72 Å². The van der Waals surface area contributed by atoms with Crippen LogP contribution in [0.25, 0.3) is 0 Å². The molecule has 0 aliphatic heterocycles. The van der Waals surface area contributed by atoms with E-state index < -0.39 is 41.2 Å². The Hall–Kier alpha value is -1.93. The van der Waals surface area contributed by atoms with Crippen LogP contribution >= 0.6 is 0 Å². The van der Waals surface area contributed by atoms with E-state index in [1.54, 1.807) is 0 Å². The van der Waals surface area contributed by atoms with Gasteiger partial charge in [-0.25, -0.2) is 18.6 Å². The zero-order valence-corrected chi connectivity index (χ0v) is 9.59. The number of nitrogens with two attached hydrogens (primary N) is 1. The number of anilines is 1. The molecule has 0 aliphatic carbocycles. The number of alkyl halides is 5. The summed E-state index contributed by atoms with van der Waals surface area (Å²) in [6, 6.07) is 0.493. The molecule has 0 aliphatic rings. The highest BCUT2D eigenvalue weighted by atomic mass is 19.4. The highest BCUT2D eigenvalue weighted by Gasteiger charge is 2.38. The number of nitrogens with zero attached hydrogens (tertiary/aromatic N) is 1. The van der Waals surface area contributed by atoms with Crippen molar-refractivity contribution in [2.24, 2.45) is 0 Å². The Bertz CT molecular complexity index is 488. The van der Waals surface area contributed by atoms with Gasteiger partial charge >= 0.3 is 12.1 Å². The summed E-state index contributed by atoms with van der Waals surface area (Å²) in [5.74, 6) is -1.23. The Morgan fingerprint density at radius 1 is 1.47 bits per heavy atom. The third-order valence-corrected chi connectivity index (χ3v) is 2.08. The summed E-state index contributed by atoms with van der Waals surface area (Å²) >= 11 is 0. The molecule has 9 heteroatoms. The average molecular weight is 284 g/mol. The van der Waals surface area contributed by atoms with Gasteiger partial charge in [-0.2, -0.15) is 13.2 Å². The fourth-order valence-corrected chi connectivity index (χ4v) is 1.28. The van der Waals surface area contributed by atoms with Crippen LogP contribution in [0.3, 0.4) is 0 Å². The molecule has 0 bridgehead atoms. The van der Waals surface area contributed by atoms with Crippen molar-refractivity contribution in [3.63, 3.8) is 0 Å². The number of carbonyl (C=O) groups is 1. The first-order chi connectivity index (χ1) is 8.68. The number of carbonyl (C=O) groups excluding carboxylic acids is 1. The van der Waals surface area contributed by atoms with E-state index in [0.29, 0.717) is 6.07 Å². The van der Waals surface area contributed by atoms with Gasteiger partial charge in [0.15, 0.2) is 5.69 Å². The van der Waals surface area contributed by atoms with E-state index in [1.165, 1.54) is 6.92 Å². The summed E-state index contributed by atoms with van der Waals surface area (Å²) in [5.41, 5.74) is 0.103. The van der Waals surface area contributed by atoms with Crippen molar-refractivity contribution < 1.29 is 31.5 Å². The predicted octanol–water partition coefficient (Wildman–Crippen LogP) is 2.80. The van der Waals surface area contributed by atoms with Crippen molar-refractivity contribution in [2.45, 2.75) is 19.5 Å². The molecule has 1 aromatic rings. The Kier molecular flexibility index (Phi) is 4.28. The highest BCUT2D eigenvalue weighted by molar-refractivity contribution is 5.88. The quantitative estimate of drug-likeness (QED) is 0.684. The number of halogens is 5. The number of hydrogen-bond acceptors (Lipinski definition) is 4. The summed E-state index contributed by atoms with van der Waals surface area (Å²) < 4.78 is 67.4. The monoisotopic (exact) mass is 284 g/mol. The van der Waals surface area contributed by atoms with Crippen molar-refractivity contribution in [3.8, 4) is 0 Å². The van der Waals surface area contributed by atoms with Gasteiger partial charge in [0.25, 0.3) is 6.43 Å². The molecule has 0 spiro atoms. The van der Waals surface area contributed by atoms with Crippen molar-refractivity contribution in [1.29, 1.82) is 0 Å². The van der Waals surface area contributed by atoms with Crippen LogP contribution in [0, 0.1) is 0 Å². The van der Waals surface area contributed by atoms with Crippen LogP contribution in [0.1, 0.15) is 35.1 Å². The van der Waals surface area contributed by atoms with E-state index in [1.807, 2.05) is 0 Å². The highest BCUT2D eigenvalue weighted by Crippen LogP contribution is 2.37. The number of nitrogen functional groups attached to an aromatic ring is 1. The minimum Gasteiger partial charge on any atom is -0.461 e. The smallest absolute Gasteiger partial charge is 0.435 e. The second-order valence-electron chi connectivity index (χ2n) is 3.38. The third kappa shape index (κ3) is 3.30. The van der Waals surface area contributed by atoms with Gasteiger partial charge in [-0.15, -0.1) is 0 Å². The maximum absolute atomic E-state index is 12.6. The molecule has 0 radical (unpaired) electrons. The lowest BCUT2D eigenvalue weighted by molar-refractivity contribution is -0.140. The lowest BCUT2D eigenvalue weighted by Crippen LogP contribution is -2.18. The summed E-state index contributed by atoms with van der Waals surface area (Å²) in [6.07, 6.45) is -8.31. The van der Waals surface area contributed by atoms with E-state index in [-0.39, 0.29) is 6.61 Å². The fourth-order valence-electron chi connectivity index (χ4n) is 1.28. The third-order valence-electron chi connectivity index (χ3n) is 2.08. The maximum Gasteiger partial charge on any atom is 0.435 e. The molecule has 1 aromatic heterocycles. The van der Waals surface area contributed by atoms with Gasteiger partial charge in [-0.3, -0.25) is 0 Å². The molecule has 0 saturated carbocycles. The minimum atomic E-state index is -5.05. The summed E-state index contributed by atoms with van der Waals surface area (Å²) in [7, 11) is 0. The Balaban J connectivity index is 3.44. The predicted molar refractivity (Wildman–Crippen MR) is 54.6 cm³/mol. The van der Waals surface area contributed by atoms with Gasteiger partial charge in [0.1, 0.15) is 5.69 Å². The number of esters is 1. The Morgan fingerprint density at radius 2 is 2.05 bits per heavy atom. The lowest BCUT2D eigenvalue weighted by Gasteiger charge is -2.14. The van der Waals surface area contributed by atoms with Crippen LogP contribution < -0.4 is 5.73 Å². The number of rotatable bonds is 3. The number of aromatic nitrogens is 1. The second kappa shape index (κ2) is 5.37. The van der Waals surface area contributed by atoms with Crippen molar-refractivity contribution in [2.75, 3.05) is 12.3 Å². The van der Waals surface area contributed by atoms with Crippen LogP contribution in [0.15, 0.2) is 6.07 Å². The van der Waals surface area contributed by atoms with Crippen LogP contribution in [0.2, 0.25) is 0 Å². The molecule has 0 atom stereocenters. The van der Waals surface area contributed by atoms with Crippen LogP contribution in [0.5, 0.6) is 0 Å². The first kappa shape index (κ1) is 15.1. The van der Waals surface area contributed by atoms with Crippen molar-refractivity contribution >= 4 is 11.7 Å². The molecule has 2 N–H and O–H groups in total. The standard InChI is InChI=1S/C10H9F5N2O2/c1-2-19-9(18)5-3-4(8(11)12)6(16)7(17-5)10(13,14)15/h3,8H,2,16H2,1H3. The number of hydrogen-bond donors (Lipinski definition) is 1. The second-order valence-corrected chi connectivity index (χ2v) is 3.38. The number of ether oxygens (including phenoxy) is 1. The largest absolute Gasteiger partial charge is 0.461 e. The topological polar surface area (TPSA) is 65.2 Å². The van der Waals surface area contributed by atoms with E-state index in [0.717, 1.165) is 0 Å². The molecule has 0 saturated heterocycles. The summed E-state index contributed by atoms with van der Waals surface area (Å²) in [5, 5.41) is 0. The minimum absolute atomic E-state index is 0.129. The van der Waals surface area contributed by atoms with Crippen LogP contribution in [0.4, 0.5) is 27.6 Å². The SMILES string of the molecule is CCOC(=O)c1cc(C(F)F)c(N)c(C(F)(F)F)n1. The summed E-state index contributed by atoms with van der Waals surface area (Å²) in [4.78, 5) is 14.2. The first-order valence-electron chi connectivity index (χ1n) is 5.01. The Morgan fingerprint density at radius 3 is 2.47 bits per heavy atom. The first-order valence-corrected chi connectivity index (χ1v) is 5.01. The van der Waals surface area contributed by atoms with Gasteiger partial charge in [0, 0.05) is 5.56 Å². The maximum atomic E-state index is 12.6.